The predicted molar refractivity (Wildman–Crippen MR) is 75.0 cm³/mol. The van der Waals surface area contributed by atoms with Crippen molar-refractivity contribution in [2.75, 3.05) is 0 Å². The first-order valence-corrected chi connectivity index (χ1v) is 7.27. The van der Waals surface area contributed by atoms with Gasteiger partial charge in [-0.3, -0.25) is 4.79 Å². The van der Waals surface area contributed by atoms with Gasteiger partial charge in [-0.25, -0.2) is 0 Å². The van der Waals surface area contributed by atoms with Crippen LogP contribution in [0.3, 0.4) is 0 Å². The Kier molecular flexibility index (Phi) is 2.74. The minimum absolute atomic E-state index is 0.0134. The highest BCUT2D eigenvalue weighted by Gasteiger charge is 2.73. The van der Waals surface area contributed by atoms with Gasteiger partial charge in [0.2, 0.25) is 0 Å². The molecule has 2 fully saturated rings. The Morgan fingerprint density at radius 1 is 1.16 bits per heavy atom. The highest BCUT2D eigenvalue weighted by molar-refractivity contribution is 5.77. The van der Waals surface area contributed by atoms with E-state index in [1.165, 1.54) is 5.56 Å². The van der Waals surface area contributed by atoms with Crippen LogP contribution in [-0.4, -0.2) is 11.1 Å². The van der Waals surface area contributed by atoms with Gasteiger partial charge in [0.25, 0.3) is 0 Å². The van der Waals surface area contributed by atoms with Crippen molar-refractivity contribution < 1.29 is 9.90 Å². The molecular formula is C17H22O2. The van der Waals surface area contributed by atoms with Crippen LogP contribution < -0.4 is 0 Å². The summed E-state index contributed by atoms with van der Waals surface area (Å²) in [6.45, 7) is 4.27. The van der Waals surface area contributed by atoms with Crippen molar-refractivity contribution in [3.8, 4) is 0 Å². The van der Waals surface area contributed by atoms with Crippen molar-refractivity contribution in [2.45, 2.75) is 45.4 Å². The van der Waals surface area contributed by atoms with Gasteiger partial charge in [0.1, 0.15) is 0 Å². The van der Waals surface area contributed by atoms with Crippen LogP contribution in [0.2, 0.25) is 0 Å². The minimum Gasteiger partial charge on any atom is -0.481 e. The quantitative estimate of drug-likeness (QED) is 0.868. The second-order valence-corrected chi connectivity index (χ2v) is 6.83. The lowest BCUT2D eigenvalue weighted by Gasteiger charge is -2.31. The van der Waals surface area contributed by atoms with Crippen molar-refractivity contribution in [2.24, 2.45) is 16.7 Å². The maximum absolute atomic E-state index is 11.4. The van der Waals surface area contributed by atoms with E-state index >= 15 is 0 Å². The fraction of sp³-hybridized carbons (Fsp3) is 0.588. The van der Waals surface area contributed by atoms with Crippen molar-refractivity contribution in [3.63, 3.8) is 0 Å². The summed E-state index contributed by atoms with van der Waals surface area (Å²) in [5, 5.41) is 9.39. The Morgan fingerprint density at radius 2 is 1.74 bits per heavy atom. The number of hydrogen-bond donors (Lipinski definition) is 1. The lowest BCUT2D eigenvalue weighted by atomic mass is 9.73. The van der Waals surface area contributed by atoms with Crippen LogP contribution in [-0.2, 0) is 4.79 Å². The van der Waals surface area contributed by atoms with E-state index in [1.54, 1.807) is 0 Å². The van der Waals surface area contributed by atoms with Gasteiger partial charge in [0.05, 0.1) is 5.92 Å². The zero-order valence-electron chi connectivity index (χ0n) is 11.7. The normalized spacial score (nSPS) is 36.1. The molecule has 0 aromatic heterocycles. The van der Waals surface area contributed by atoms with Crippen LogP contribution in [0.4, 0.5) is 0 Å². The second kappa shape index (κ2) is 4.09. The van der Waals surface area contributed by atoms with Gasteiger partial charge in [-0.2, -0.15) is 0 Å². The van der Waals surface area contributed by atoms with Gasteiger partial charge >= 0.3 is 5.97 Å². The maximum Gasteiger partial charge on any atom is 0.307 e. The molecule has 0 amide bonds. The van der Waals surface area contributed by atoms with E-state index in [4.69, 9.17) is 0 Å². The summed E-state index contributed by atoms with van der Waals surface area (Å²) in [7, 11) is 0. The molecule has 1 atom stereocenters. The number of carbonyl (C=O) groups is 1. The largest absolute Gasteiger partial charge is 0.481 e. The first-order valence-electron chi connectivity index (χ1n) is 7.27. The molecule has 1 unspecified atom stereocenters. The van der Waals surface area contributed by atoms with Crippen LogP contribution >= 0.6 is 0 Å². The molecule has 0 saturated heterocycles. The SMILES string of the molecule is CC1(C)C(C(=O)O)C12CCC(c1ccccc1)CC2. The van der Waals surface area contributed by atoms with Gasteiger partial charge in [-0.1, -0.05) is 44.2 Å². The van der Waals surface area contributed by atoms with Crippen molar-refractivity contribution in [1.82, 2.24) is 0 Å². The van der Waals surface area contributed by atoms with Crippen LogP contribution in [0.15, 0.2) is 30.3 Å². The fourth-order valence-electron chi connectivity index (χ4n) is 4.61. The molecule has 0 radical (unpaired) electrons. The molecule has 1 aromatic rings. The molecule has 0 heterocycles. The van der Waals surface area contributed by atoms with E-state index in [-0.39, 0.29) is 16.7 Å². The van der Waals surface area contributed by atoms with Gasteiger partial charge in [-0.15, -0.1) is 0 Å². The Hall–Kier alpha value is -1.31. The van der Waals surface area contributed by atoms with Gasteiger partial charge < -0.3 is 5.11 Å². The number of carboxylic acid groups (broad SMARTS) is 1. The third kappa shape index (κ3) is 1.73. The molecule has 1 N–H and O–H groups in total. The summed E-state index contributed by atoms with van der Waals surface area (Å²) in [6.07, 6.45) is 4.40. The number of aliphatic carboxylic acids is 1. The molecule has 1 spiro atoms. The first kappa shape index (κ1) is 12.7. The van der Waals surface area contributed by atoms with Crippen LogP contribution in [0.25, 0.3) is 0 Å². The highest BCUT2D eigenvalue weighted by atomic mass is 16.4. The van der Waals surface area contributed by atoms with Crippen molar-refractivity contribution in [1.29, 1.82) is 0 Å². The molecule has 2 aliphatic carbocycles. The molecule has 3 rings (SSSR count). The van der Waals surface area contributed by atoms with Gasteiger partial charge in [-0.05, 0) is 48.0 Å². The summed E-state index contributed by atoms with van der Waals surface area (Å²) < 4.78 is 0. The molecule has 0 bridgehead atoms. The number of hydrogen-bond acceptors (Lipinski definition) is 1. The Labute approximate surface area is 114 Å². The van der Waals surface area contributed by atoms with Crippen LogP contribution in [0.5, 0.6) is 0 Å². The van der Waals surface area contributed by atoms with Gasteiger partial charge in [0, 0.05) is 0 Å². The third-order valence-corrected chi connectivity index (χ3v) is 5.87. The van der Waals surface area contributed by atoms with Crippen molar-refractivity contribution in [3.05, 3.63) is 35.9 Å². The Bertz CT molecular complexity index is 481. The number of rotatable bonds is 2. The molecule has 102 valence electrons. The second-order valence-electron chi connectivity index (χ2n) is 6.83. The predicted octanol–water partition coefficient (Wildman–Crippen LogP) is 4.07. The lowest BCUT2D eigenvalue weighted by molar-refractivity contribution is -0.140. The van der Waals surface area contributed by atoms with Crippen molar-refractivity contribution >= 4 is 5.97 Å². The first-order chi connectivity index (χ1) is 8.99. The highest BCUT2D eigenvalue weighted by Crippen LogP contribution is 2.75. The summed E-state index contributed by atoms with van der Waals surface area (Å²) >= 11 is 0. The number of benzene rings is 1. The molecule has 1 aromatic carbocycles. The fourth-order valence-corrected chi connectivity index (χ4v) is 4.61. The molecule has 2 heteroatoms. The maximum atomic E-state index is 11.4. The molecule has 2 aliphatic rings. The van der Waals surface area contributed by atoms with Crippen LogP contribution in [0.1, 0.15) is 51.0 Å². The Balaban J connectivity index is 1.73. The van der Waals surface area contributed by atoms with E-state index in [2.05, 4.69) is 44.2 Å². The standard InChI is InChI=1S/C17H22O2/c1-16(2)14(15(18)19)17(16)10-8-13(9-11-17)12-6-4-3-5-7-12/h3-7,13-14H,8-11H2,1-2H3,(H,18,19). The molecule has 0 aliphatic heterocycles. The van der Waals surface area contributed by atoms with E-state index in [0.717, 1.165) is 25.7 Å². The summed E-state index contributed by atoms with van der Waals surface area (Å²) in [5.41, 5.74) is 1.48. The van der Waals surface area contributed by atoms with E-state index < -0.39 is 5.97 Å². The topological polar surface area (TPSA) is 37.3 Å². The van der Waals surface area contributed by atoms with E-state index in [9.17, 15) is 9.90 Å². The molecular weight excluding hydrogens is 236 g/mol. The third-order valence-electron chi connectivity index (χ3n) is 5.87. The van der Waals surface area contributed by atoms with Crippen LogP contribution in [0, 0.1) is 16.7 Å². The minimum atomic E-state index is -0.594. The zero-order valence-corrected chi connectivity index (χ0v) is 11.7. The molecule has 2 saturated carbocycles. The van der Waals surface area contributed by atoms with Gasteiger partial charge in [0.15, 0.2) is 0 Å². The molecule has 2 nitrogen and oxygen atoms in total. The Morgan fingerprint density at radius 3 is 2.21 bits per heavy atom. The summed E-state index contributed by atoms with van der Waals surface area (Å²) in [4.78, 5) is 11.4. The van der Waals surface area contributed by atoms with E-state index in [0.29, 0.717) is 5.92 Å². The summed E-state index contributed by atoms with van der Waals surface area (Å²) in [5.74, 6) is -0.0995. The smallest absolute Gasteiger partial charge is 0.307 e. The number of carboxylic acids is 1. The average Bonchev–Trinajstić information content (AvgIpc) is 2.86. The molecule has 19 heavy (non-hydrogen) atoms. The zero-order chi connectivity index (χ0) is 13.7. The lowest BCUT2D eigenvalue weighted by Crippen LogP contribution is -2.20. The van der Waals surface area contributed by atoms with E-state index in [1.807, 2.05) is 0 Å². The average molecular weight is 258 g/mol. The summed E-state index contributed by atoms with van der Waals surface area (Å²) in [6, 6.07) is 10.7. The monoisotopic (exact) mass is 258 g/mol.